The lowest BCUT2D eigenvalue weighted by atomic mass is 10.1. The van der Waals surface area contributed by atoms with Gasteiger partial charge in [-0.15, -0.1) is 0 Å². The van der Waals surface area contributed by atoms with Crippen LogP contribution in [0.15, 0.2) is 18.2 Å². The van der Waals surface area contributed by atoms with E-state index in [2.05, 4.69) is 0 Å². The van der Waals surface area contributed by atoms with Gasteiger partial charge in [0.05, 0.1) is 7.11 Å². The molecule has 2 rings (SSSR count). The Balaban J connectivity index is 2.37. The summed E-state index contributed by atoms with van der Waals surface area (Å²) in [6, 6.07) is 5.20. The largest absolute Gasteiger partial charge is 0.497 e. The number of carboxylic acid groups (broad SMARTS) is 1. The summed E-state index contributed by atoms with van der Waals surface area (Å²) in [6.45, 7) is 0. The number of fused-ring (bicyclic) bond motifs is 1. The van der Waals surface area contributed by atoms with Crippen molar-refractivity contribution in [3.05, 3.63) is 23.8 Å². The van der Waals surface area contributed by atoms with E-state index >= 15 is 0 Å². The maximum atomic E-state index is 11.0. The van der Waals surface area contributed by atoms with E-state index in [1.807, 2.05) is 18.2 Å². The number of hydrogen-bond donors (Lipinski definition) is 1. The maximum Gasteiger partial charge on any atom is 0.326 e. The number of carboxylic acids is 1. The van der Waals surface area contributed by atoms with Gasteiger partial charge in [-0.05, 0) is 11.6 Å². The molecule has 4 nitrogen and oxygen atoms in total. The molecule has 0 bridgehead atoms. The number of aliphatic carboxylic acids is 1. The van der Waals surface area contributed by atoms with Crippen LogP contribution in [0.5, 0.6) is 5.75 Å². The molecule has 1 unspecified atom stereocenters. The van der Waals surface area contributed by atoms with Crippen molar-refractivity contribution in [2.24, 2.45) is 0 Å². The Bertz CT molecular complexity index is 403. The Hall–Kier alpha value is -1.71. The molecular formula is C11H13NO3. The summed E-state index contributed by atoms with van der Waals surface area (Å²) in [5, 5.41) is 9.01. The Morgan fingerprint density at radius 1 is 1.60 bits per heavy atom. The first-order valence-corrected chi connectivity index (χ1v) is 4.76. The first-order chi connectivity index (χ1) is 7.13. The summed E-state index contributed by atoms with van der Waals surface area (Å²) in [5.74, 6) is -0.0284. The van der Waals surface area contributed by atoms with E-state index in [0.717, 1.165) is 17.0 Å². The number of anilines is 1. The summed E-state index contributed by atoms with van der Waals surface area (Å²) < 4.78 is 5.11. The molecule has 1 N–H and O–H groups in total. The van der Waals surface area contributed by atoms with Gasteiger partial charge in [-0.2, -0.15) is 0 Å². The van der Waals surface area contributed by atoms with Gasteiger partial charge in [-0.3, -0.25) is 0 Å². The van der Waals surface area contributed by atoms with E-state index in [9.17, 15) is 4.79 Å². The molecule has 0 aliphatic carbocycles. The van der Waals surface area contributed by atoms with Crippen molar-refractivity contribution >= 4 is 11.7 Å². The summed E-state index contributed by atoms with van der Waals surface area (Å²) in [4.78, 5) is 12.7. The molecular weight excluding hydrogens is 194 g/mol. The third kappa shape index (κ3) is 1.52. The van der Waals surface area contributed by atoms with E-state index in [4.69, 9.17) is 9.84 Å². The normalized spacial score (nSPS) is 18.8. The highest BCUT2D eigenvalue weighted by molar-refractivity contribution is 5.82. The van der Waals surface area contributed by atoms with Crippen LogP contribution in [0.3, 0.4) is 0 Å². The minimum Gasteiger partial charge on any atom is -0.497 e. The average molecular weight is 207 g/mol. The van der Waals surface area contributed by atoms with Crippen molar-refractivity contribution in [3.8, 4) is 5.75 Å². The second kappa shape index (κ2) is 3.46. The first kappa shape index (κ1) is 9.83. The van der Waals surface area contributed by atoms with Crippen LogP contribution in [0.1, 0.15) is 5.56 Å². The molecule has 0 amide bonds. The lowest BCUT2D eigenvalue weighted by Crippen LogP contribution is -2.35. The van der Waals surface area contributed by atoms with Crippen molar-refractivity contribution in [1.82, 2.24) is 0 Å². The van der Waals surface area contributed by atoms with Crippen molar-refractivity contribution in [2.75, 3.05) is 19.1 Å². The molecule has 1 aromatic rings. The van der Waals surface area contributed by atoms with Gasteiger partial charge in [0.25, 0.3) is 0 Å². The van der Waals surface area contributed by atoms with E-state index in [1.165, 1.54) is 0 Å². The van der Waals surface area contributed by atoms with Crippen molar-refractivity contribution in [1.29, 1.82) is 0 Å². The van der Waals surface area contributed by atoms with Gasteiger partial charge in [-0.1, -0.05) is 6.07 Å². The van der Waals surface area contributed by atoms with E-state index in [1.54, 1.807) is 19.1 Å². The number of methoxy groups -OCH3 is 1. The highest BCUT2D eigenvalue weighted by atomic mass is 16.5. The van der Waals surface area contributed by atoms with Gasteiger partial charge >= 0.3 is 5.97 Å². The van der Waals surface area contributed by atoms with Crippen LogP contribution in [0.25, 0.3) is 0 Å². The molecule has 1 aromatic carbocycles. The smallest absolute Gasteiger partial charge is 0.326 e. The van der Waals surface area contributed by atoms with Gasteiger partial charge in [0.15, 0.2) is 0 Å². The third-order valence-corrected chi connectivity index (χ3v) is 2.84. The van der Waals surface area contributed by atoms with Crippen molar-refractivity contribution in [3.63, 3.8) is 0 Å². The third-order valence-electron chi connectivity index (χ3n) is 2.84. The zero-order chi connectivity index (χ0) is 11.0. The highest BCUT2D eigenvalue weighted by Gasteiger charge is 2.31. The van der Waals surface area contributed by atoms with Gasteiger partial charge in [0.2, 0.25) is 0 Å². The number of rotatable bonds is 2. The molecule has 15 heavy (non-hydrogen) atoms. The van der Waals surface area contributed by atoms with Crippen LogP contribution in [0.4, 0.5) is 5.69 Å². The van der Waals surface area contributed by atoms with Gasteiger partial charge in [-0.25, -0.2) is 4.79 Å². The number of hydrogen-bond acceptors (Lipinski definition) is 3. The van der Waals surface area contributed by atoms with E-state index in [0.29, 0.717) is 6.42 Å². The van der Waals surface area contributed by atoms with Crippen LogP contribution >= 0.6 is 0 Å². The molecule has 1 aliphatic heterocycles. The molecule has 0 fully saturated rings. The fraction of sp³-hybridized carbons (Fsp3) is 0.364. The van der Waals surface area contributed by atoms with Crippen LogP contribution in [0, 0.1) is 0 Å². The Kier molecular flexibility index (Phi) is 2.26. The topological polar surface area (TPSA) is 49.8 Å². The van der Waals surface area contributed by atoms with Crippen LogP contribution in [-0.2, 0) is 11.2 Å². The van der Waals surface area contributed by atoms with Gasteiger partial charge in [0.1, 0.15) is 11.8 Å². The Labute approximate surface area is 88.1 Å². The maximum absolute atomic E-state index is 11.0. The number of carbonyl (C=O) groups is 1. The van der Waals surface area contributed by atoms with Crippen LogP contribution in [0.2, 0.25) is 0 Å². The lowest BCUT2D eigenvalue weighted by Gasteiger charge is -2.18. The minimum absolute atomic E-state index is 0.452. The van der Waals surface area contributed by atoms with Crippen molar-refractivity contribution < 1.29 is 14.6 Å². The highest BCUT2D eigenvalue weighted by Crippen LogP contribution is 2.33. The molecule has 0 spiro atoms. The Morgan fingerprint density at radius 3 is 2.93 bits per heavy atom. The second-order valence-corrected chi connectivity index (χ2v) is 3.66. The fourth-order valence-electron chi connectivity index (χ4n) is 1.94. The molecule has 1 atom stereocenters. The average Bonchev–Trinajstić information content (AvgIpc) is 2.56. The van der Waals surface area contributed by atoms with E-state index in [-0.39, 0.29) is 0 Å². The predicted molar refractivity (Wildman–Crippen MR) is 56.5 cm³/mol. The van der Waals surface area contributed by atoms with Crippen LogP contribution in [-0.4, -0.2) is 31.3 Å². The SMILES string of the molecule is COc1ccc2c(c1)N(C)C(C(=O)O)C2. The Morgan fingerprint density at radius 2 is 2.33 bits per heavy atom. The van der Waals surface area contributed by atoms with E-state index < -0.39 is 12.0 Å². The lowest BCUT2D eigenvalue weighted by molar-refractivity contribution is -0.138. The molecule has 4 heteroatoms. The molecule has 1 heterocycles. The van der Waals surface area contributed by atoms with Gasteiger partial charge in [0, 0.05) is 25.2 Å². The quantitative estimate of drug-likeness (QED) is 0.790. The molecule has 0 saturated carbocycles. The number of ether oxygens (including phenoxy) is 1. The van der Waals surface area contributed by atoms with Crippen molar-refractivity contribution in [2.45, 2.75) is 12.5 Å². The molecule has 0 radical (unpaired) electrons. The summed E-state index contributed by atoms with van der Waals surface area (Å²) >= 11 is 0. The standard InChI is InChI=1S/C11H13NO3/c1-12-9-6-8(15-2)4-3-7(9)5-10(12)11(13)14/h3-4,6,10H,5H2,1-2H3,(H,13,14). The zero-order valence-electron chi connectivity index (χ0n) is 8.73. The number of benzene rings is 1. The molecule has 1 aliphatic rings. The zero-order valence-corrected chi connectivity index (χ0v) is 8.73. The summed E-state index contributed by atoms with van der Waals surface area (Å²) in [7, 11) is 3.40. The first-order valence-electron chi connectivity index (χ1n) is 4.76. The predicted octanol–water partition coefficient (Wildman–Crippen LogP) is 1.14. The fourth-order valence-corrected chi connectivity index (χ4v) is 1.94. The molecule has 0 saturated heterocycles. The minimum atomic E-state index is -0.785. The van der Waals surface area contributed by atoms with Crippen LogP contribution < -0.4 is 9.64 Å². The molecule has 0 aromatic heterocycles. The second-order valence-electron chi connectivity index (χ2n) is 3.66. The number of likely N-dealkylation sites (N-methyl/N-ethyl adjacent to an activating group) is 1. The number of nitrogens with zero attached hydrogens (tertiary/aromatic N) is 1. The molecule has 80 valence electrons. The summed E-state index contributed by atoms with van der Waals surface area (Å²) in [5.41, 5.74) is 2.01. The monoisotopic (exact) mass is 207 g/mol. The van der Waals surface area contributed by atoms with Gasteiger partial charge < -0.3 is 14.7 Å². The summed E-state index contributed by atoms with van der Waals surface area (Å²) in [6.07, 6.45) is 0.561.